The highest BCUT2D eigenvalue weighted by Crippen LogP contribution is 2.24. The zero-order valence-electron chi connectivity index (χ0n) is 8.62. The number of ether oxygens (including phenoxy) is 1. The Labute approximate surface area is 85.1 Å². The van der Waals surface area contributed by atoms with E-state index >= 15 is 0 Å². The molecule has 1 atom stereocenters. The lowest BCUT2D eigenvalue weighted by atomic mass is 9.89. The molecule has 1 aliphatic carbocycles. The summed E-state index contributed by atoms with van der Waals surface area (Å²) in [7, 11) is 0. The summed E-state index contributed by atoms with van der Waals surface area (Å²) in [5.74, 6) is 0.973. The average molecular weight is 191 g/mol. The van der Waals surface area contributed by atoms with Crippen molar-refractivity contribution in [3.05, 3.63) is 29.3 Å². The maximum absolute atomic E-state index is 5.93. The van der Waals surface area contributed by atoms with Gasteiger partial charge in [-0.05, 0) is 49.4 Å². The van der Waals surface area contributed by atoms with E-state index in [9.17, 15) is 0 Å². The summed E-state index contributed by atoms with van der Waals surface area (Å²) in [5, 5.41) is 0. The molecular weight excluding hydrogens is 174 g/mol. The molecule has 0 heterocycles. The topological polar surface area (TPSA) is 35.2 Å². The van der Waals surface area contributed by atoms with Gasteiger partial charge in [-0.3, -0.25) is 0 Å². The molecule has 0 fully saturated rings. The molecule has 2 rings (SSSR count). The average Bonchev–Trinajstić information content (AvgIpc) is 2.17. The largest absolute Gasteiger partial charge is 0.494 e. The monoisotopic (exact) mass is 191 g/mol. The Morgan fingerprint density at radius 1 is 1.43 bits per heavy atom. The second-order valence-electron chi connectivity index (χ2n) is 3.87. The predicted molar refractivity (Wildman–Crippen MR) is 57.6 cm³/mol. The van der Waals surface area contributed by atoms with E-state index in [0.717, 1.165) is 31.6 Å². The fourth-order valence-electron chi connectivity index (χ4n) is 2.02. The van der Waals surface area contributed by atoms with Gasteiger partial charge in [-0.15, -0.1) is 0 Å². The third kappa shape index (κ3) is 1.90. The van der Waals surface area contributed by atoms with Gasteiger partial charge >= 0.3 is 0 Å². The van der Waals surface area contributed by atoms with E-state index in [1.165, 1.54) is 11.1 Å². The summed E-state index contributed by atoms with van der Waals surface area (Å²) in [6, 6.07) is 6.70. The third-order valence-electron chi connectivity index (χ3n) is 2.76. The van der Waals surface area contributed by atoms with Crippen LogP contribution < -0.4 is 10.5 Å². The Balaban J connectivity index is 2.24. The summed E-state index contributed by atoms with van der Waals surface area (Å²) >= 11 is 0. The summed E-state index contributed by atoms with van der Waals surface area (Å²) < 4.78 is 5.47. The van der Waals surface area contributed by atoms with Gasteiger partial charge in [0.15, 0.2) is 0 Å². The molecule has 0 saturated heterocycles. The quantitative estimate of drug-likeness (QED) is 0.775. The first-order valence-corrected chi connectivity index (χ1v) is 5.29. The van der Waals surface area contributed by atoms with Crippen LogP contribution in [-0.4, -0.2) is 12.6 Å². The number of nitrogens with two attached hydrogens (primary N) is 1. The zero-order valence-corrected chi connectivity index (χ0v) is 8.62. The van der Waals surface area contributed by atoms with Crippen molar-refractivity contribution in [2.75, 3.05) is 6.61 Å². The van der Waals surface area contributed by atoms with Crippen molar-refractivity contribution in [1.82, 2.24) is 0 Å². The van der Waals surface area contributed by atoms with Gasteiger partial charge in [0.25, 0.3) is 0 Å². The van der Waals surface area contributed by atoms with E-state index in [0.29, 0.717) is 6.04 Å². The number of hydrogen-bond donors (Lipinski definition) is 1. The van der Waals surface area contributed by atoms with Crippen LogP contribution in [0.3, 0.4) is 0 Å². The van der Waals surface area contributed by atoms with Crippen LogP contribution in [-0.2, 0) is 12.8 Å². The molecule has 0 aromatic heterocycles. The molecule has 2 N–H and O–H groups in total. The Morgan fingerprint density at radius 2 is 2.29 bits per heavy atom. The van der Waals surface area contributed by atoms with Crippen molar-refractivity contribution < 1.29 is 4.74 Å². The lowest BCUT2D eigenvalue weighted by Gasteiger charge is -2.21. The molecule has 1 aromatic carbocycles. The van der Waals surface area contributed by atoms with Crippen molar-refractivity contribution >= 4 is 0 Å². The Kier molecular flexibility index (Phi) is 2.73. The molecule has 1 aliphatic rings. The molecule has 0 bridgehead atoms. The predicted octanol–water partition coefficient (Wildman–Crippen LogP) is 1.90. The van der Waals surface area contributed by atoms with Crippen molar-refractivity contribution in [2.24, 2.45) is 5.73 Å². The maximum atomic E-state index is 5.93. The molecule has 0 aliphatic heterocycles. The van der Waals surface area contributed by atoms with Gasteiger partial charge in [0, 0.05) is 6.04 Å². The molecule has 2 nitrogen and oxygen atoms in total. The molecule has 0 spiro atoms. The van der Waals surface area contributed by atoms with Gasteiger partial charge in [-0.2, -0.15) is 0 Å². The van der Waals surface area contributed by atoms with Crippen LogP contribution >= 0.6 is 0 Å². The number of rotatable bonds is 2. The first-order chi connectivity index (χ1) is 6.79. The van der Waals surface area contributed by atoms with Gasteiger partial charge in [0.1, 0.15) is 5.75 Å². The summed E-state index contributed by atoms with van der Waals surface area (Å²) in [5.41, 5.74) is 8.74. The van der Waals surface area contributed by atoms with Crippen molar-refractivity contribution in [3.63, 3.8) is 0 Å². The number of fused-ring (bicyclic) bond motifs is 1. The molecule has 2 heteroatoms. The van der Waals surface area contributed by atoms with Crippen LogP contribution in [0.15, 0.2) is 18.2 Å². The van der Waals surface area contributed by atoms with Gasteiger partial charge in [0.05, 0.1) is 6.61 Å². The third-order valence-corrected chi connectivity index (χ3v) is 2.76. The number of benzene rings is 1. The van der Waals surface area contributed by atoms with Crippen LogP contribution in [0.5, 0.6) is 5.75 Å². The molecule has 0 saturated carbocycles. The molecule has 1 aromatic rings. The van der Waals surface area contributed by atoms with E-state index in [1.54, 1.807) is 0 Å². The van der Waals surface area contributed by atoms with Crippen LogP contribution in [0.4, 0.5) is 0 Å². The number of hydrogen-bond acceptors (Lipinski definition) is 2. The fraction of sp³-hybridized carbons (Fsp3) is 0.500. The van der Waals surface area contributed by atoms with Gasteiger partial charge in [0.2, 0.25) is 0 Å². The fourth-order valence-corrected chi connectivity index (χ4v) is 2.02. The Morgan fingerprint density at radius 3 is 3.07 bits per heavy atom. The lowest BCUT2D eigenvalue weighted by Crippen LogP contribution is -2.27. The second kappa shape index (κ2) is 4.01. The summed E-state index contributed by atoms with van der Waals surface area (Å²) in [6.45, 7) is 2.73. The van der Waals surface area contributed by atoms with E-state index in [-0.39, 0.29) is 0 Å². The van der Waals surface area contributed by atoms with E-state index in [1.807, 2.05) is 6.92 Å². The molecule has 14 heavy (non-hydrogen) atoms. The molecule has 76 valence electrons. The van der Waals surface area contributed by atoms with E-state index < -0.39 is 0 Å². The van der Waals surface area contributed by atoms with Gasteiger partial charge in [-0.25, -0.2) is 0 Å². The van der Waals surface area contributed by atoms with Crippen LogP contribution in [0.25, 0.3) is 0 Å². The number of aryl methyl sites for hydroxylation is 1. The summed E-state index contributed by atoms with van der Waals surface area (Å²) in [6.07, 6.45) is 3.22. The van der Waals surface area contributed by atoms with Crippen molar-refractivity contribution in [2.45, 2.75) is 32.2 Å². The zero-order chi connectivity index (χ0) is 9.97. The van der Waals surface area contributed by atoms with Crippen LogP contribution in [0.2, 0.25) is 0 Å². The van der Waals surface area contributed by atoms with Crippen molar-refractivity contribution in [3.8, 4) is 5.75 Å². The standard InChI is InChI=1S/C12H17NO/c1-2-14-12-6-4-9-3-5-11(13)7-10(9)8-12/h4,6,8,11H,2-3,5,7,13H2,1H3/t11-/m1/s1. The summed E-state index contributed by atoms with van der Waals surface area (Å²) in [4.78, 5) is 0. The smallest absolute Gasteiger partial charge is 0.119 e. The highest BCUT2D eigenvalue weighted by Gasteiger charge is 2.15. The molecular formula is C12H17NO. The second-order valence-corrected chi connectivity index (χ2v) is 3.87. The lowest BCUT2D eigenvalue weighted by molar-refractivity contribution is 0.339. The van der Waals surface area contributed by atoms with Gasteiger partial charge < -0.3 is 10.5 Å². The maximum Gasteiger partial charge on any atom is 0.119 e. The minimum atomic E-state index is 0.333. The van der Waals surface area contributed by atoms with Crippen LogP contribution in [0, 0.1) is 0 Å². The Bertz CT molecular complexity index is 322. The highest BCUT2D eigenvalue weighted by molar-refractivity contribution is 5.37. The first kappa shape index (κ1) is 9.53. The molecule has 0 amide bonds. The van der Waals surface area contributed by atoms with E-state index in [4.69, 9.17) is 10.5 Å². The SMILES string of the molecule is CCOc1ccc2c(c1)C[C@H](N)CC2. The van der Waals surface area contributed by atoms with Gasteiger partial charge in [-0.1, -0.05) is 6.07 Å². The Hall–Kier alpha value is -1.02. The highest BCUT2D eigenvalue weighted by atomic mass is 16.5. The van der Waals surface area contributed by atoms with E-state index in [2.05, 4.69) is 18.2 Å². The minimum absolute atomic E-state index is 0.333. The molecule has 0 unspecified atom stereocenters. The first-order valence-electron chi connectivity index (χ1n) is 5.29. The normalized spacial score (nSPS) is 20.3. The minimum Gasteiger partial charge on any atom is -0.494 e. The van der Waals surface area contributed by atoms with Crippen LogP contribution in [0.1, 0.15) is 24.5 Å². The molecule has 0 radical (unpaired) electrons. The van der Waals surface area contributed by atoms with Crippen molar-refractivity contribution in [1.29, 1.82) is 0 Å².